The van der Waals surface area contributed by atoms with Gasteiger partial charge in [-0.1, -0.05) is 49.4 Å². The van der Waals surface area contributed by atoms with Gasteiger partial charge in [-0.2, -0.15) is 4.39 Å². The molecule has 1 atom stereocenters. The summed E-state index contributed by atoms with van der Waals surface area (Å²) in [6, 6.07) is 19.7. The largest absolute Gasteiger partial charge is 0.476 e. The third kappa shape index (κ3) is 9.61. The monoisotopic (exact) mass is 697 g/mol. The molecule has 1 aliphatic rings. The summed E-state index contributed by atoms with van der Waals surface area (Å²) in [5, 5.41) is 4.68. The number of allylic oxidation sites excluding steroid dienone is 1. The normalized spacial score (nSPS) is 15.5. The summed E-state index contributed by atoms with van der Waals surface area (Å²) in [4.78, 5) is 32.5. The van der Waals surface area contributed by atoms with Crippen molar-refractivity contribution in [1.29, 1.82) is 0 Å². The molecule has 1 aliphatic heterocycles. The molecule has 1 unspecified atom stereocenters. The molecular weight excluding hydrogens is 649 g/mol. The lowest BCUT2D eigenvalue weighted by atomic mass is 9.88. The Morgan fingerprint density at radius 3 is 2.45 bits per heavy atom. The number of nitrogens with zero attached hydrogens (tertiary/aromatic N) is 5. The van der Waals surface area contributed by atoms with Gasteiger partial charge in [-0.05, 0) is 86.9 Å². The van der Waals surface area contributed by atoms with E-state index in [-0.39, 0.29) is 31.8 Å². The van der Waals surface area contributed by atoms with E-state index in [1.807, 2.05) is 42.5 Å². The van der Waals surface area contributed by atoms with Crippen LogP contribution in [0.15, 0.2) is 79.0 Å². The van der Waals surface area contributed by atoms with Gasteiger partial charge in [0.15, 0.2) is 6.23 Å². The van der Waals surface area contributed by atoms with E-state index in [4.69, 9.17) is 14.2 Å². The molecule has 0 bridgehead atoms. The molecule has 11 heteroatoms. The van der Waals surface area contributed by atoms with Crippen LogP contribution in [0.1, 0.15) is 76.3 Å². The van der Waals surface area contributed by atoms with Crippen molar-refractivity contribution in [3.8, 4) is 5.88 Å². The smallest absolute Gasteiger partial charge is 0.410 e. The zero-order valence-electron chi connectivity index (χ0n) is 30.4. The number of rotatable bonds is 12. The van der Waals surface area contributed by atoms with Gasteiger partial charge in [0, 0.05) is 51.1 Å². The second-order valence-electron chi connectivity index (χ2n) is 13.7. The molecule has 2 amide bonds. The van der Waals surface area contributed by atoms with Crippen molar-refractivity contribution >= 4 is 34.0 Å². The van der Waals surface area contributed by atoms with Crippen molar-refractivity contribution in [2.24, 2.45) is 0 Å². The van der Waals surface area contributed by atoms with E-state index in [1.54, 1.807) is 57.9 Å². The van der Waals surface area contributed by atoms with Crippen molar-refractivity contribution in [3.05, 3.63) is 102 Å². The van der Waals surface area contributed by atoms with Gasteiger partial charge in [0.1, 0.15) is 12.2 Å². The summed E-state index contributed by atoms with van der Waals surface area (Å²) in [5.74, 6) is -0.324. The van der Waals surface area contributed by atoms with Gasteiger partial charge in [-0.3, -0.25) is 4.79 Å². The number of likely N-dealkylation sites (N-methyl/N-ethyl adjacent to an activating group) is 1. The number of benzene rings is 2. The Bertz CT molecular complexity index is 1860. The van der Waals surface area contributed by atoms with Gasteiger partial charge in [-0.25, -0.2) is 14.5 Å². The summed E-state index contributed by atoms with van der Waals surface area (Å²) in [6.45, 7) is 8.68. The number of hydrogen-bond acceptors (Lipinski definition) is 7. The molecule has 51 heavy (non-hydrogen) atoms. The third-order valence-electron chi connectivity index (χ3n) is 8.47. The maximum absolute atomic E-state index is 15.4. The van der Waals surface area contributed by atoms with Crippen LogP contribution in [-0.4, -0.2) is 82.6 Å². The number of halogens is 1. The fourth-order valence-electron chi connectivity index (χ4n) is 5.96. The van der Waals surface area contributed by atoms with Crippen LogP contribution < -0.4 is 4.74 Å². The van der Waals surface area contributed by atoms with Crippen LogP contribution in [0.2, 0.25) is 0 Å². The van der Waals surface area contributed by atoms with Crippen molar-refractivity contribution in [2.45, 2.75) is 65.2 Å². The zero-order chi connectivity index (χ0) is 36.5. The Balaban J connectivity index is 1.40. The lowest BCUT2D eigenvalue weighted by Crippen LogP contribution is -2.39. The number of aromatic nitrogens is 3. The highest BCUT2D eigenvalue weighted by molar-refractivity contribution is 6.00. The van der Waals surface area contributed by atoms with E-state index >= 15 is 4.39 Å². The van der Waals surface area contributed by atoms with Crippen molar-refractivity contribution in [3.63, 3.8) is 0 Å². The summed E-state index contributed by atoms with van der Waals surface area (Å²) in [6.07, 6.45) is 7.55. The Hall–Kier alpha value is -5.03. The molecule has 0 N–H and O–H groups in total. The molecule has 1 saturated heterocycles. The summed E-state index contributed by atoms with van der Waals surface area (Å²) in [5.41, 5.74) is 4.78. The van der Waals surface area contributed by atoms with E-state index in [9.17, 15) is 9.59 Å². The highest BCUT2D eigenvalue weighted by Gasteiger charge is 2.24. The van der Waals surface area contributed by atoms with E-state index < -0.39 is 17.6 Å². The van der Waals surface area contributed by atoms with Crippen molar-refractivity contribution in [1.82, 2.24) is 24.6 Å². The number of hydrogen-bond donors (Lipinski definition) is 0. The van der Waals surface area contributed by atoms with Gasteiger partial charge in [0.2, 0.25) is 17.7 Å². The molecule has 0 spiro atoms. The minimum Gasteiger partial charge on any atom is -0.476 e. The van der Waals surface area contributed by atoms with E-state index in [1.165, 1.54) is 15.9 Å². The van der Waals surface area contributed by atoms with Gasteiger partial charge in [0.05, 0.1) is 17.4 Å². The fourth-order valence-corrected chi connectivity index (χ4v) is 5.96. The van der Waals surface area contributed by atoms with Crippen LogP contribution in [0.3, 0.4) is 0 Å². The van der Waals surface area contributed by atoms with Crippen LogP contribution in [0.25, 0.3) is 22.0 Å². The molecule has 5 rings (SSSR count). The van der Waals surface area contributed by atoms with Gasteiger partial charge in [-0.15, -0.1) is 5.10 Å². The number of amides is 2. The second kappa shape index (κ2) is 16.8. The predicted molar refractivity (Wildman–Crippen MR) is 197 cm³/mol. The third-order valence-corrected chi connectivity index (χ3v) is 8.47. The first-order valence-electron chi connectivity index (χ1n) is 17.5. The van der Waals surface area contributed by atoms with Crippen LogP contribution in [0, 0.1) is 5.95 Å². The van der Waals surface area contributed by atoms with Gasteiger partial charge >= 0.3 is 6.09 Å². The molecular formula is C40H48FN5O5. The quantitative estimate of drug-likeness (QED) is 0.110. The minimum absolute atomic E-state index is 0.151. The molecule has 0 radical (unpaired) electrons. The molecule has 3 heterocycles. The van der Waals surface area contributed by atoms with Crippen molar-refractivity contribution < 1.29 is 28.2 Å². The average molecular weight is 698 g/mol. The summed E-state index contributed by atoms with van der Waals surface area (Å²) in [7, 11) is 3.32. The molecule has 270 valence electrons. The first kappa shape index (κ1) is 37.2. The SMILES string of the molecule is CC/C(=C(/c1ccc(OCCN(C/C=C/C(=O)N(C)C)C(=O)OC(C)(C)C)nc1)c1ccc2c(c1)c(F)nn2C1CCCCO1)c1ccccc1. The number of pyridine rings is 1. The Kier molecular flexibility index (Phi) is 12.3. The summed E-state index contributed by atoms with van der Waals surface area (Å²) < 4.78 is 34.6. The summed E-state index contributed by atoms with van der Waals surface area (Å²) >= 11 is 0. The van der Waals surface area contributed by atoms with Crippen LogP contribution in [-0.2, 0) is 14.3 Å². The number of carbonyl (C=O) groups is 2. The molecule has 2 aromatic heterocycles. The second-order valence-corrected chi connectivity index (χ2v) is 13.7. The van der Waals surface area contributed by atoms with Gasteiger partial charge < -0.3 is 24.0 Å². The molecule has 0 aliphatic carbocycles. The molecule has 1 fully saturated rings. The van der Waals surface area contributed by atoms with Crippen LogP contribution in [0.4, 0.5) is 9.18 Å². The Morgan fingerprint density at radius 1 is 1.04 bits per heavy atom. The average Bonchev–Trinajstić information content (AvgIpc) is 3.45. The molecule has 2 aromatic carbocycles. The molecule has 4 aromatic rings. The number of fused-ring (bicyclic) bond motifs is 1. The Labute approximate surface area is 299 Å². The first-order chi connectivity index (χ1) is 24.4. The van der Waals surface area contributed by atoms with Crippen LogP contribution in [0.5, 0.6) is 5.88 Å². The van der Waals surface area contributed by atoms with E-state index in [0.717, 1.165) is 53.5 Å². The van der Waals surface area contributed by atoms with Crippen LogP contribution >= 0.6 is 0 Å². The zero-order valence-corrected chi connectivity index (χ0v) is 30.4. The molecule has 0 saturated carbocycles. The highest BCUT2D eigenvalue weighted by atomic mass is 19.1. The minimum atomic E-state index is -0.681. The van der Waals surface area contributed by atoms with E-state index in [2.05, 4.69) is 29.1 Å². The fraction of sp³-hybridized carbons (Fsp3) is 0.400. The lowest BCUT2D eigenvalue weighted by Gasteiger charge is -2.26. The van der Waals surface area contributed by atoms with Gasteiger partial charge in [0.25, 0.3) is 0 Å². The number of carbonyl (C=O) groups excluding carboxylic acids is 2. The lowest BCUT2D eigenvalue weighted by molar-refractivity contribution is -0.123. The highest BCUT2D eigenvalue weighted by Crippen LogP contribution is 2.37. The number of ether oxygens (including phenoxy) is 3. The maximum atomic E-state index is 15.4. The van der Waals surface area contributed by atoms with E-state index in [0.29, 0.717) is 23.4 Å². The van der Waals surface area contributed by atoms with Crippen molar-refractivity contribution in [2.75, 3.05) is 40.4 Å². The predicted octanol–water partition coefficient (Wildman–Crippen LogP) is 7.90. The Morgan fingerprint density at radius 2 is 1.80 bits per heavy atom. The maximum Gasteiger partial charge on any atom is 0.410 e. The topological polar surface area (TPSA) is 99.0 Å². The molecule has 10 nitrogen and oxygen atoms in total. The standard InChI is InChI=1S/C40H48FN5O5/c1-7-31(28-14-9-8-10-15-28)37(29-18-20-33-32(26-29)38(41)43-46(33)36-17-11-12-24-50-36)30-19-21-34(42-27-30)49-25-23-45(39(48)51-40(2,3)4)22-13-16-35(47)44(5)6/h8-10,13-16,18-21,26-27,36H,7,11-12,17,22-25H2,1-6H3/b16-13+,37-31-. The first-order valence-corrected chi connectivity index (χ1v) is 17.5.